The number of hydrogen-bond donors (Lipinski definition) is 0. The maximum Gasteiger partial charge on any atom is 0.274 e. The zero-order chi connectivity index (χ0) is 13.7. The molecule has 0 aliphatic carbocycles. The summed E-state index contributed by atoms with van der Waals surface area (Å²) >= 11 is 7.55. The second-order valence-corrected chi connectivity index (χ2v) is 5.79. The summed E-state index contributed by atoms with van der Waals surface area (Å²) < 4.78 is 5.08. The van der Waals surface area contributed by atoms with Crippen LogP contribution in [0.25, 0.3) is 0 Å². The van der Waals surface area contributed by atoms with E-state index in [1.807, 2.05) is 16.7 Å². The Morgan fingerprint density at radius 2 is 2.42 bits per heavy atom. The van der Waals surface area contributed by atoms with E-state index in [1.165, 1.54) is 0 Å². The van der Waals surface area contributed by atoms with Crippen LogP contribution < -0.4 is 0 Å². The van der Waals surface area contributed by atoms with Crippen LogP contribution in [0.15, 0.2) is 12.1 Å². The summed E-state index contributed by atoms with van der Waals surface area (Å²) in [4.78, 5) is 14.3. The van der Waals surface area contributed by atoms with Crippen molar-refractivity contribution >= 4 is 29.3 Å². The van der Waals surface area contributed by atoms with Crippen molar-refractivity contribution in [3.05, 3.63) is 23.0 Å². The zero-order valence-corrected chi connectivity index (χ0v) is 12.3. The van der Waals surface area contributed by atoms with Gasteiger partial charge in [0.1, 0.15) is 0 Å². The van der Waals surface area contributed by atoms with Gasteiger partial charge in [0.15, 0.2) is 10.8 Å². The van der Waals surface area contributed by atoms with E-state index in [0.717, 1.165) is 17.9 Å². The molecule has 1 atom stereocenters. The molecule has 1 amide bonds. The largest absolute Gasteiger partial charge is 0.383 e. The Labute approximate surface area is 121 Å². The molecule has 0 bridgehead atoms. The molecule has 1 unspecified atom stereocenters. The van der Waals surface area contributed by atoms with E-state index in [4.69, 9.17) is 16.3 Å². The van der Waals surface area contributed by atoms with Crippen LogP contribution in [0.1, 0.15) is 16.9 Å². The van der Waals surface area contributed by atoms with Crippen LogP contribution in [0.2, 0.25) is 5.15 Å². The number of halogens is 1. The Balaban J connectivity index is 2.11. The number of hydrogen-bond acceptors (Lipinski definition) is 5. The van der Waals surface area contributed by atoms with Gasteiger partial charge < -0.3 is 9.64 Å². The molecule has 0 aromatic carbocycles. The minimum absolute atomic E-state index is 0.103. The number of aromatic nitrogens is 2. The molecule has 19 heavy (non-hydrogen) atoms. The Morgan fingerprint density at radius 3 is 3.00 bits per heavy atom. The van der Waals surface area contributed by atoms with Crippen LogP contribution in [0, 0.1) is 0 Å². The molecule has 0 radical (unpaired) electrons. The predicted octanol–water partition coefficient (Wildman–Crippen LogP) is 1.72. The lowest BCUT2D eigenvalue weighted by molar-refractivity contribution is 0.0617. The fourth-order valence-electron chi connectivity index (χ4n) is 1.98. The highest BCUT2D eigenvalue weighted by Crippen LogP contribution is 2.23. The first-order valence-electron chi connectivity index (χ1n) is 6.09. The van der Waals surface area contributed by atoms with Crippen LogP contribution >= 0.6 is 23.4 Å². The first-order valence-corrected chi connectivity index (χ1v) is 7.62. The monoisotopic (exact) mass is 301 g/mol. The molecule has 1 aromatic rings. The topological polar surface area (TPSA) is 55.3 Å². The molecule has 2 rings (SSSR count). The number of ether oxygens (including phenoxy) is 1. The molecule has 0 spiro atoms. The summed E-state index contributed by atoms with van der Waals surface area (Å²) in [5.74, 6) is 1.96. The summed E-state index contributed by atoms with van der Waals surface area (Å²) in [6.45, 7) is 1.10. The average molecular weight is 302 g/mol. The summed E-state index contributed by atoms with van der Waals surface area (Å²) in [6.07, 6.45) is 1.02. The number of methoxy groups -OCH3 is 1. The summed E-state index contributed by atoms with van der Waals surface area (Å²) in [5.41, 5.74) is 0.331. The average Bonchev–Trinajstić information content (AvgIpc) is 2.94. The third-order valence-corrected chi connectivity index (χ3v) is 4.34. The molecule has 1 aliphatic heterocycles. The zero-order valence-electron chi connectivity index (χ0n) is 10.7. The van der Waals surface area contributed by atoms with Gasteiger partial charge in [0.05, 0.1) is 6.61 Å². The van der Waals surface area contributed by atoms with E-state index < -0.39 is 0 Å². The first kappa shape index (κ1) is 14.6. The Morgan fingerprint density at radius 1 is 1.58 bits per heavy atom. The summed E-state index contributed by atoms with van der Waals surface area (Å²) in [6, 6.07) is 3.45. The van der Waals surface area contributed by atoms with Crippen LogP contribution in [0.4, 0.5) is 0 Å². The van der Waals surface area contributed by atoms with Crippen molar-refractivity contribution in [2.24, 2.45) is 0 Å². The SMILES string of the molecule is COCCN(C(=O)c1ccc(Cl)nn1)C1CCSC1. The van der Waals surface area contributed by atoms with Crippen LogP contribution in [-0.4, -0.2) is 58.8 Å². The van der Waals surface area contributed by atoms with E-state index in [9.17, 15) is 4.79 Å². The Bertz CT molecular complexity index is 423. The lowest BCUT2D eigenvalue weighted by Gasteiger charge is -2.27. The highest BCUT2D eigenvalue weighted by atomic mass is 35.5. The molecule has 5 nitrogen and oxygen atoms in total. The van der Waals surface area contributed by atoms with Crippen molar-refractivity contribution in [2.75, 3.05) is 31.8 Å². The number of amides is 1. The minimum Gasteiger partial charge on any atom is -0.383 e. The van der Waals surface area contributed by atoms with Gasteiger partial charge in [-0.05, 0) is 24.3 Å². The summed E-state index contributed by atoms with van der Waals surface area (Å²) in [7, 11) is 1.63. The number of carbonyl (C=O) groups excluding carboxylic acids is 1. The molecule has 1 saturated heterocycles. The number of thioether (sulfide) groups is 1. The van der Waals surface area contributed by atoms with Crippen molar-refractivity contribution in [3.63, 3.8) is 0 Å². The number of carbonyl (C=O) groups is 1. The molecule has 7 heteroatoms. The maximum atomic E-state index is 12.5. The van der Waals surface area contributed by atoms with Gasteiger partial charge in [0.2, 0.25) is 0 Å². The molecule has 0 N–H and O–H groups in total. The molecule has 1 fully saturated rings. The van der Waals surface area contributed by atoms with Crippen molar-refractivity contribution in [2.45, 2.75) is 12.5 Å². The smallest absolute Gasteiger partial charge is 0.274 e. The molecule has 104 valence electrons. The van der Waals surface area contributed by atoms with Gasteiger partial charge in [0, 0.05) is 25.4 Å². The van der Waals surface area contributed by atoms with Crippen LogP contribution in [-0.2, 0) is 4.74 Å². The Hall–Kier alpha value is -0.850. The maximum absolute atomic E-state index is 12.5. The molecular weight excluding hydrogens is 286 g/mol. The van der Waals surface area contributed by atoms with Crippen LogP contribution in [0.5, 0.6) is 0 Å². The highest BCUT2D eigenvalue weighted by molar-refractivity contribution is 7.99. The fraction of sp³-hybridized carbons (Fsp3) is 0.583. The van der Waals surface area contributed by atoms with E-state index in [1.54, 1.807) is 19.2 Å². The van der Waals surface area contributed by atoms with Crippen molar-refractivity contribution in [3.8, 4) is 0 Å². The second kappa shape index (κ2) is 7.07. The van der Waals surface area contributed by atoms with Gasteiger partial charge in [-0.1, -0.05) is 11.6 Å². The molecule has 1 aromatic heterocycles. The van der Waals surface area contributed by atoms with Crippen LogP contribution in [0.3, 0.4) is 0 Å². The summed E-state index contributed by atoms with van der Waals surface area (Å²) in [5, 5.41) is 7.87. The van der Waals surface area contributed by atoms with Crippen molar-refractivity contribution < 1.29 is 9.53 Å². The van der Waals surface area contributed by atoms with Gasteiger partial charge in [-0.2, -0.15) is 11.8 Å². The first-order chi connectivity index (χ1) is 9.22. The third-order valence-electron chi connectivity index (χ3n) is 2.99. The van der Waals surface area contributed by atoms with E-state index in [-0.39, 0.29) is 17.1 Å². The third kappa shape index (κ3) is 3.81. The van der Waals surface area contributed by atoms with Crippen molar-refractivity contribution in [1.29, 1.82) is 0 Å². The quantitative estimate of drug-likeness (QED) is 0.829. The standard InChI is InChI=1S/C12H16ClN3O2S/c1-18-6-5-16(9-4-7-19-8-9)12(17)10-2-3-11(13)15-14-10/h2-3,9H,4-8H2,1H3. The van der Waals surface area contributed by atoms with Gasteiger partial charge in [-0.15, -0.1) is 10.2 Å². The fourth-order valence-corrected chi connectivity index (χ4v) is 3.31. The number of rotatable bonds is 5. The number of nitrogens with zero attached hydrogens (tertiary/aromatic N) is 3. The van der Waals surface area contributed by atoms with Gasteiger partial charge >= 0.3 is 0 Å². The van der Waals surface area contributed by atoms with Gasteiger partial charge in [-0.25, -0.2) is 0 Å². The second-order valence-electron chi connectivity index (χ2n) is 4.25. The normalized spacial score (nSPS) is 18.5. The van der Waals surface area contributed by atoms with Gasteiger partial charge in [0.25, 0.3) is 5.91 Å². The minimum atomic E-state index is -0.103. The highest BCUT2D eigenvalue weighted by Gasteiger charge is 2.28. The van der Waals surface area contributed by atoms with Gasteiger partial charge in [-0.3, -0.25) is 4.79 Å². The molecule has 0 saturated carbocycles. The molecule has 1 aliphatic rings. The van der Waals surface area contributed by atoms with E-state index in [0.29, 0.717) is 18.8 Å². The predicted molar refractivity (Wildman–Crippen MR) is 75.7 cm³/mol. The lowest BCUT2D eigenvalue weighted by atomic mass is 10.2. The molecule has 2 heterocycles. The lowest BCUT2D eigenvalue weighted by Crippen LogP contribution is -2.42. The van der Waals surface area contributed by atoms with E-state index in [2.05, 4.69) is 10.2 Å². The van der Waals surface area contributed by atoms with E-state index >= 15 is 0 Å². The molecular formula is C12H16ClN3O2S. The Kier molecular flexibility index (Phi) is 5.42. The van der Waals surface area contributed by atoms with Crippen molar-refractivity contribution in [1.82, 2.24) is 15.1 Å².